The van der Waals surface area contributed by atoms with Crippen LogP contribution in [0, 0.1) is 5.92 Å². The molecule has 3 heterocycles. The lowest BCUT2D eigenvalue weighted by molar-refractivity contribution is -0.121. The third kappa shape index (κ3) is 3.83. The topological polar surface area (TPSA) is 81.9 Å². The summed E-state index contributed by atoms with van der Waals surface area (Å²) in [5, 5.41) is 8.10. The van der Waals surface area contributed by atoms with Crippen molar-refractivity contribution in [2.75, 3.05) is 12.4 Å². The first kappa shape index (κ1) is 17.6. The van der Waals surface area contributed by atoms with E-state index in [1.54, 1.807) is 18.0 Å². The summed E-state index contributed by atoms with van der Waals surface area (Å²) < 4.78 is 7.14. The summed E-state index contributed by atoms with van der Waals surface area (Å²) in [4.78, 5) is 21.4. The van der Waals surface area contributed by atoms with Crippen molar-refractivity contribution in [3.8, 4) is 11.1 Å². The summed E-state index contributed by atoms with van der Waals surface area (Å²) in [6, 6.07) is 3.92. The van der Waals surface area contributed by atoms with Crippen LogP contribution in [-0.2, 0) is 16.6 Å². The Morgan fingerprint density at radius 3 is 2.63 bits per heavy atom. The zero-order valence-corrected chi connectivity index (χ0v) is 15.6. The fraction of sp³-hybridized carbons (Fsp3) is 0.400. The van der Waals surface area contributed by atoms with Gasteiger partial charge in [0, 0.05) is 49.0 Å². The van der Waals surface area contributed by atoms with E-state index in [1.165, 1.54) is 0 Å². The minimum Gasteiger partial charge on any atom is -0.381 e. The van der Waals surface area contributed by atoms with Crippen molar-refractivity contribution >= 4 is 22.6 Å². The van der Waals surface area contributed by atoms with Gasteiger partial charge in [-0.15, -0.1) is 0 Å². The highest BCUT2D eigenvalue weighted by atomic mass is 16.5. The first-order valence-corrected chi connectivity index (χ1v) is 9.21. The number of carbonyl (C=O) groups excluding carboxylic acids is 1. The number of nitrogens with one attached hydrogen (secondary N) is 1. The predicted octanol–water partition coefficient (Wildman–Crippen LogP) is 3.17. The molecule has 4 rings (SSSR count). The Morgan fingerprint density at radius 2 is 1.93 bits per heavy atom. The van der Waals surface area contributed by atoms with Crippen LogP contribution in [0.5, 0.6) is 0 Å². The number of hydrogen-bond donors (Lipinski definition) is 1. The maximum atomic E-state index is 12.6. The second kappa shape index (κ2) is 7.44. The highest BCUT2D eigenvalue weighted by molar-refractivity contribution is 5.94. The summed E-state index contributed by atoms with van der Waals surface area (Å²) in [7, 11) is 3.62. The molecule has 27 heavy (non-hydrogen) atoms. The monoisotopic (exact) mass is 365 g/mol. The normalized spacial score (nSPS) is 19.9. The van der Waals surface area contributed by atoms with Gasteiger partial charge in [-0.1, -0.05) is 0 Å². The molecular weight excluding hydrogens is 342 g/mol. The van der Waals surface area contributed by atoms with E-state index in [-0.39, 0.29) is 17.9 Å². The van der Waals surface area contributed by atoms with Gasteiger partial charge in [-0.05, 0) is 37.8 Å². The molecule has 7 heteroatoms. The van der Waals surface area contributed by atoms with Gasteiger partial charge in [-0.2, -0.15) is 5.10 Å². The van der Waals surface area contributed by atoms with Crippen LogP contribution < -0.4 is 5.32 Å². The number of nitrogens with zero attached hydrogens (tertiary/aromatic N) is 4. The molecule has 0 atom stereocenters. The molecule has 0 aliphatic heterocycles. The van der Waals surface area contributed by atoms with Crippen LogP contribution in [-0.4, -0.2) is 38.9 Å². The van der Waals surface area contributed by atoms with E-state index in [1.807, 2.05) is 37.8 Å². The Labute approximate surface area is 157 Å². The van der Waals surface area contributed by atoms with Crippen LogP contribution in [0.15, 0.2) is 36.9 Å². The van der Waals surface area contributed by atoms with E-state index in [0.29, 0.717) is 5.82 Å². The fourth-order valence-electron chi connectivity index (χ4n) is 3.62. The Kier molecular flexibility index (Phi) is 4.85. The smallest absolute Gasteiger partial charge is 0.228 e. The maximum Gasteiger partial charge on any atom is 0.228 e. The molecule has 0 unspecified atom stereocenters. The van der Waals surface area contributed by atoms with Gasteiger partial charge in [-0.3, -0.25) is 14.5 Å². The van der Waals surface area contributed by atoms with Crippen LogP contribution >= 0.6 is 0 Å². The Hall–Kier alpha value is -2.80. The summed E-state index contributed by atoms with van der Waals surface area (Å²) in [5.41, 5.74) is 2.78. The second-order valence-corrected chi connectivity index (χ2v) is 7.09. The van der Waals surface area contributed by atoms with Crippen molar-refractivity contribution in [2.24, 2.45) is 13.0 Å². The first-order valence-electron chi connectivity index (χ1n) is 9.21. The van der Waals surface area contributed by atoms with Crippen LogP contribution in [0.4, 0.5) is 5.82 Å². The molecule has 3 aromatic rings. The van der Waals surface area contributed by atoms with Gasteiger partial charge in [0.15, 0.2) is 0 Å². The Balaban J connectivity index is 1.51. The Bertz CT molecular complexity index is 960. The van der Waals surface area contributed by atoms with Crippen LogP contribution in [0.3, 0.4) is 0 Å². The minimum absolute atomic E-state index is 0.0220. The molecule has 1 N–H and O–H groups in total. The molecule has 0 aromatic carbocycles. The van der Waals surface area contributed by atoms with Gasteiger partial charge in [0.25, 0.3) is 0 Å². The number of aromatic nitrogens is 4. The number of fused-ring (bicyclic) bond motifs is 1. The number of amides is 1. The molecule has 0 bridgehead atoms. The molecule has 1 aliphatic rings. The number of ether oxygens (including phenoxy) is 1. The third-order valence-electron chi connectivity index (χ3n) is 5.24. The second-order valence-electron chi connectivity index (χ2n) is 7.09. The largest absolute Gasteiger partial charge is 0.381 e. The van der Waals surface area contributed by atoms with Gasteiger partial charge >= 0.3 is 0 Å². The lowest BCUT2D eigenvalue weighted by atomic mass is 9.87. The lowest BCUT2D eigenvalue weighted by Crippen LogP contribution is -2.29. The van der Waals surface area contributed by atoms with Gasteiger partial charge in [0.05, 0.1) is 24.0 Å². The molecule has 0 radical (unpaired) electrons. The van der Waals surface area contributed by atoms with E-state index in [4.69, 9.17) is 4.74 Å². The van der Waals surface area contributed by atoms with Crippen molar-refractivity contribution in [1.82, 2.24) is 19.7 Å². The molecule has 1 amide bonds. The molecule has 1 fully saturated rings. The number of methoxy groups -OCH3 is 1. The standard InChI is InChI=1S/C20H23N5O2/c1-25-12-16(10-23-25)15-7-14-8-19(22-11-18(14)21-9-15)24-20(26)13-3-5-17(27-2)6-4-13/h7-13,17H,3-6H2,1-2H3,(H,22,24,26)/t13-,17-. The van der Waals surface area contributed by atoms with Crippen molar-refractivity contribution in [3.63, 3.8) is 0 Å². The van der Waals surface area contributed by atoms with E-state index < -0.39 is 0 Å². The number of aryl methyl sites for hydroxylation is 1. The zero-order valence-electron chi connectivity index (χ0n) is 15.6. The number of carbonyl (C=O) groups is 1. The molecule has 0 saturated heterocycles. The number of rotatable bonds is 4. The zero-order chi connectivity index (χ0) is 18.8. The average Bonchev–Trinajstić information content (AvgIpc) is 3.14. The highest BCUT2D eigenvalue weighted by Crippen LogP contribution is 2.27. The van der Waals surface area contributed by atoms with Crippen molar-refractivity contribution in [2.45, 2.75) is 31.8 Å². The number of hydrogen-bond acceptors (Lipinski definition) is 5. The van der Waals surface area contributed by atoms with Crippen molar-refractivity contribution in [1.29, 1.82) is 0 Å². The molecule has 7 nitrogen and oxygen atoms in total. The van der Waals surface area contributed by atoms with Crippen molar-refractivity contribution in [3.05, 3.63) is 36.9 Å². The predicted molar refractivity (Wildman–Crippen MR) is 103 cm³/mol. The first-order chi connectivity index (χ1) is 13.1. The van der Waals surface area contributed by atoms with Crippen molar-refractivity contribution < 1.29 is 9.53 Å². The van der Waals surface area contributed by atoms with E-state index in [9.17, 15) is 4.79 Å². The van der Waals surface area contributed by atoms with Gasteiger partial charge in [0.2, 0.25) is 5.91 Å². The van der Waals surface area contributed by atoms with Crippen LogP contribution in [0.1, 0.15) is 25.7 Å². The SMILES string of the molecule is CO[C@H]1CC[C@H](C(=O)Nc2cc3cc(-c4cnn(C)c4)cnc3cn2)CC1. The quantitative estimate of drug-likeness (QED) is 0.768. The number of pyridine rings is 2. The third-order valence-corrected chi connectivity index (χ3v) is 5.24. The molecule has 0 spiro atoms. The summed E-state index contributed by atoms with van der Waals surface area (Å²) in [6.45, 7) is 0. The molecular formula is C20H23N5O2. The average molecular weight is 365 g/mol. The van der Waals surface area contributed by atoms with E-state index in [2.05, 4.69) is 20.4 Å². The van der Waals surface area contributed by atoms with E-state index >= 15 is 0 Å². The fourth-order valence-corrected chi connectivity index (χ4v) is 3.62. The summed E-state index contributed by atoms with van der Waals surface area (Å²) in [6.07, 6.45) is 11.1. The summed E-state index contributed by atoms with van der Waals surface area (Å²) >= 11 is 0. The minimum atomic E-state index is 0.0220. The maximum absolute atomic E-state index is 12.6. The summed E-state index contributed by atoms with van der Waals surface area (Å²) in [5.74, 6) is 0.619. The van der Waals surface area contributed by atoms with Gasteiger partial charge < -0.3 is 10.1 Å². The van der Waals surface area contributed by atoms with Gasteiger partial charge in [-0.25, -0.2) is 4.98 Å². The van der Waals surface area contributed by atoms with Crippen LogP contribution in [0.2, 0.25) is 0 Å². The van der Waals surface area contributed by atoms with E-state index in [0.717, 1.165) is 47.7 Å². The molecule has 140 valence electrons. The molecule has 3 aromatic heterocycles. The molecule has 1 aliphatic carbocycles. The Morgan fingerprint density at radius 1 is 1.11 bits per heavy atom. The van der Waals surface area contributed by atoms with Gasteiger partial charge in [0.1, 0.15) is 5.82 Å². The lowest BCUT2D eigenvalue weighted by Gasteiger charge is -2.26. The number of anilines is 1. The molecule has 1 saturated carbocycles. The van der Waals surface area contributed by atoms with Crippen LogP contribution in [0.25, 0.3) is 22.0 Å². The highest BCUT2D eigenvalue weighted by Gasteiger charge is 2.26.